The highest BCUT2D eigenvalue weighted by Crippen LogP contribution is 2.28. The third-order valence-electron chi connectivity index (χ3n) is 4.60. The van der Waals surface area contributed by atoms with Gasteiger partial charge in [0.15, 0.2) is 0 Å². The van der Waals surface area contributed by atoms with Gasteiger partial charge in [-0.3, -0.25) is 4.90 Å². The third-order valence-corrected chi connectivity index (χ3v) is 5.22. The highest BCUT2D eigenvalue weighted by Gasteiger charge is 2.24. The van der Waals surface area contributed by atoms with E-state index in [0.29, 0.717) is 0 Å². The first kappa shape index (κ1) is 18.1. The standard InChI is InChI=1S/C17H25BrN2O.ClH/c1-21-17-5-4-14(10-16(17)18)12-20-8-6-15(7-9-20)19-11-13-2-3-13;/h4-5,10,13,15,19H,2-3,6-9,11-12H2,1H3;1H. The molecule has 3 rings (SSSR count). The van der Waals surface area contributed by atoms with E-state index in [1.54, 1.807) is 7.11 Å². The molecule has 0 aromatic heterocycles. The molecule has 2 fully saturated rings. The second-order valence-electron chi connectivity index (χ2n) is 6.37. The molecular formula is C17H26BrClN2O. The maximum absolute atomic E-state index is 5.29. The summed E-state index contributed by atoms with van der Waals surface area (Å²) >= 11 is 3.57. The van der Waals surface area contributed by atoms with Crippen molar-refractivity contribution in [2.75, 3.05) is 26.7 Å². The van der Waals surface area contributed by atoms with Gasteiger partial charge in [-0.15, -0.1) is 12.4 Å². The molecule has 124 valence electrons. The molecule has 1 aromatic carbocycles. The van der Waals surface area contributed by atoms with Gasteiger partial charge in [-0.05, 0) is 84.9 Å². The van der Waals surface area contributed by atoms with Gasteiger partial charge in [-0.1, -0.05) is 6.07 Å². The molecule has 0 bridgehead atoms. The summed E-state index contributed by atoms with van der Waals surface area (Å²) in [6.07, 6.45) is 5.45. The number of benzene rings is 1. The number of hydrogen-bond acceptors (Lipinski definition) is 3. The fourth-order valence-corrected chi connectivity index (χ4v) is 3.61. The largest absolute Gasteiger partial charge is 0.496 e. The van der Waals surface area contributed by atoms with Crippen LogP contribution in [0.4, 0.5) is 0 Å². The van der Waals surface area contributed by atoms with E-state index in [1.807, 2.05) is 6.07 Å². The van der Waals surface area contributed by atoms with E-state index >= 15 is 0 Å². The maximum atomic E-state index is 5.29. The smallest absolute Gasteiger partial charge is 0.133 e. The van der Waals surface area contributed by atoms with Crippen molar-refractivity contribution >= 4 is 28.3 Å². The van der Waals surface area contributed by atoms with Crippen LogP contribution >= 0.6 is 28.3 Å². The molecule has 1 saturated heterocycles. The Balaban J connectivity index is 0.00000176. The summed E-state index contributed by atoms with van der Waals surface area (Å²) < 4.78 is 6.33. The summed E-state index contributed by atoms with van der Waals surface area (Å²) in [5, 5.41) is 3.74. The van der Waals surface area contributed by atoms with Crippen LogP contribution in [0.2, 0.25) is 0 Å². The van der Waals surface area contributed by atoms with Crippen LogP contribution in [0.15, 0.2) is 22.7 Å². The van der Waals surface area contributed by atoms with Crippen LogP contribution in [-0.2, 0) is 6.54 Å². The zero-order chi connectivity index (χ0) is 14.7. The number of nitrogens with zero attached hydrogens (tertiary/aromatic N) is 1. The highest BCUT2D eigenvalue weighted by molar-refractivity contribution is 9.10. The Morgan fingerprint density at radius 2 is 1.95 bits per heavy atom. The number of nitrogens with one attached hydrogen (secondary N) is 1. The Morgan fingerprint density at radius 3 is 2.55 bits per heavy atom. The minimum Gasteiger partial charge on any atom is -0.496 e. The Bertz CT molecular complexity index is 474. The topological polar surface area (TPSA) is 24.5 Å². The van der Waals surface area contributed by atoms with Gasteiger partial charge in [0, 0.05) is 12.6 Å². The van der Waals surface area contributed by atoms with E-state index in [1.165, 1.54) is 50.9 Å². The van der Waals surface area contributed by atoms with Crippen LogP contribution in [0.25, 0.3) is 0 Å². The van der Waals surface area contributed by atoms with Crippen molar-refractivity contribution in [3.8, 4) is 5.75 Å². The van der Waals surface area contributed by atoms with Gasteiger partial charge >= 0.3 is 0 Å². The molecule has 1 aliphatic heterocycles. The summed E-state index contributed by atoms with van der Waals surface area (Å²) in [6.45, 7) is 4.69. The normalized spacial score (nSPS) is 19.7. The van der Waals surface area contributed by atoms with Crippen LogP contribution < -0.4 is 10.1 Å². The van der Waals surface area contributed by atoms with Crippen LogP contribution in [0.3, 0.4) is 0 Å². The van der Waals surface area contributed by atoms with Gasteiger partial charge in [-0.25, -0.2) is 0 Å². The predicted octanol–water partition coefficient (Wildman–Crippen LogP) is 3.84. The van der Waals surface area contributed by atoms with E-state index < -0.39 is 0 Å². The van der Waals surface area contributed by atoms with Crippen LogP contribution in [0, 0.1) is 5.92 Å². The van der Waals surface area contributed by atoms with E-state index in [9.17, 15) is 0 Å². The Morgan fingerprint density at radius 1 is 1.23 bits per heavy atom. The zero-order valence-electron chi connectivity index (χ0n) is 13.2. The maximum Gasteiger partial charge on any atom is 0.133 e. The van der Waals surface area contributed by atoms with E-state index in [0.717, 1.165) is 28.7 Å². The number of likely N-dealkylation sites (tertiary alicyclic amines) is 1. The second-order valence-corrected chi connectivity index (χ2v) is 7.23. The quantitative estimate of drug-likeness (QED) is 0.800. The molecule has 0 unspecified atom stereocenters. The van der Waals surface area contributed by atoms with Gasteiger partial charge in [0.25, 0.3) is 0 Å². The average molecular weight is 390 g/mol. The number of ether oxygens (including phenoxy) is 1. The lowest BCUT2D eigenvalue weighted by molar-refractivity contribution is 0.190. The van der Waals surface area contributed by atoms with Gasteiger partial charge in [0.1, 0.15) is 5.75 Å². The number of methoxy groups -OCH3 is 1. The van der Waals surface area contributed by atoms with Crippen molar-refractivity contribution in [2.45, 2.75) is 38.3 Å². The summed E-state index contributed by atoms with van der Waals surface area (Å²) in [4.78, 5) is 2.56. The van der Waals surface area contributed by atoms with Crippen molar-refractivity contribution in [3.63, 3.8) is 0 Å². The van der Waals surface area contributed by atoms with Gasteiger partial charge in [0.2, 0.25) is 0 Å². The molecule has 0 amide bonds. The molecule has 22 heavy (non-hydrogen) atoms. The molecule has 1 saturated carbocycles. The molecule has 0 radical (unpaired) electrons. The van der Waals surface area contributed by atoms with Crippen molar-refractivity contribution in [3.05, 3.63) is 28.2 Å². The summed E-state index contributed by atoms with van der Waals surface area (Å²) in [5.74, 6) is 1.89. The van der Waals surface area contributed by atoms with Crippen molar-refractivity contribution in [1.82, 2.24) is 10.2 Å². The first-order valence-electron chi connectivity index (χ1n) is 8.03. The summed E-state index contributed by atoms with van der Waals surface area (Å²) in [6, 6.07) is 7.13. The molecule has 3 nitrogen and oxygen atoms in total. The number of hydrogen-bond donors (Lipinski definition) is 1. The van der Waals surface area contributed by atoms with E-state index in [2.05, 4.69) is 38.3 Å². The molecule has 1 N–H and O–H groups in total. The summed E-state index contributed by atoms with van der Waals surface area (Å²) in [5.41, 5.74) is 1.35. The fraction of sp³-hybridized carbons (Fsp3) is 0.647. The molecule has 1 heterocycles. The number of piperidine rings is 1. The Labute approximate surface area is 148 Å². The lowest BCUT2D eigenvalue weighted by Gasteiger charge is -2.32. The number of rotatable bonds is 6. The lowest BCUT2D eigenvalue weighted by atomic mass is 10.0. The minimum absolute atomic E-state index is 0. The average Bonchev–Trinajstić information content (AvgIpc) is 3.31. The van der Waals surface area contributed by atoms with Crippen LogP contribution in [0.1, 0.15) is 31.2 Å². The molecule has 1 aromatic rings. The molecule has 1 aliphatic carbocycles. The van der Waals surface area contributed by atoms with Gasteiger partial charge < -0.3 is 10.1 Å². The van der Waals surface area contributed by atoms with Crippen LogP contribution in [0.5, 0.6) is 5.75 Å². The third kappa shape index (κ3) is 5.12. The molecule has 0 atom stereocenters. The first-order valence-corrected chi connectivity index (χ1v) is 8.82. The second kappa shape index (κ2) is 8.53. The van der Waals surface area contributed by atoms with Crippen molar-refractivity contribution in [1.29, 1.82) is 0 Å². The highest BCUT2D eigenvalue weighted by atomic mass is 79.9. The number of halogens is 2. The monoisotopic (exact) mass is 388 g/mol. The summed E-state index contributed by atoms with van der Waals surface area (Å²) in [7, 11) is 1.71. The molecule has 2 aliphatic rings. The molecule has 5 heteroatoms. The molecular weight excluding hydrogens is 364 g/mol. The van der Waals surface area contributed by atoms with Crippen molar-refractivity contribution < 1.29 is 4.74 Å². The van der Waals surface area contributed by atoms with E-state index in [-0.39, 0.29) is 12.4 Å². The molecule has 0 spiro atoms. The predicted molar refractivity (Wildman–Crippen MR) is 97.0 cm³/mol. The van der Waals surface area contributed by atoms with E-state index in [4.69, 9.17) is 4.74 Å². The fourth-order valence-electron chi connectivity index (χ4n) is 3.02. The Kier molecular flexibility index (Phi) is 7.00. The SMILES string of the molecule is COc1ccc(CN2CCC(NCC3CC3)CC2)cc1Br.Cl. The van der Waals surface area contributed by atoms with Crippen molar-refractivity contribution in [2.24, 2.45) is 5.92 Å². The zero-order valence-corrected chi connectivity index (χ0v) is 15.6. The first-order chi connectivity index (χ1) is 10.2. The minimum atomic E-state index is 0. The lowest BCUT2D eigenvalue weighted by Crippen LogP contribution is -2.42. The van der Waals surface area contributed by atoms with Gasteiger partial charge in [-0.2, -0.15) is 0 Å². The van der Waals surface area contributed by atoms with Crippen LogP contribution in [-0.4, -0.2) is 37.7 Å². The Hall–Kier alpha value is -0.290. The van der Waals surface area contributed by atoms with Gasteiger partial charge in [0.05, 0.1) is 11.6 Å².